The van der Waals surface area contributed by atoms with E-state index in [4.69, 9.17) is 0 Å². The summed E-state index contributed by atoms with van der Waals surface area (Å²) in [6, 6.07) is 6.68. The zero-order chi connectivity index (χ0) is 16.7. The van der Waals surface area contributed by atoms with Crippen LogP contribution in [0.5, 0.6) is 0 Å². The summed E-state index contributed by atoms with van der Waals surface area (Å²) < 4.78 is 0. The molecular weight excluding hydrogens is 300 g/mol. The van der Waals surface area contributed by atoms with E-state index >= 15 is 0 Å². The standard InChI is InChI=1S/C19H26N4O/c1-12-3-6-14(19(24)22-15-10-21-23(2)11-15)7-16(12)17-8-18(17)20-9-13-4-5-13/h3,6-7,10,13,17-18,20-21H,4-5,8-9,11H2,1-2H3,(H,22,24)/t17-,18+/m0/s1. The molecule has 3 aliphatic rings. The predicted molar refractivity (Wildman–Crippen MR) is 94.4 cm³/mol. The summed E-state index contributed by atoms with van der Waals surface area (Å²) >= 11 is 0. The van der Waals surface area contributed by atoms with Crippen LogP contribution in [0.2, 0.25) is 0 Å². The number of hydrogen-bond donors (Lipinski definition) is 3. The Morgan fingerprint density at radius 3 is 2.92 bits per heavy atom. The molecule has 0 spiro atoms. The first-order valence-corrected chi connectivity index (χ1v) is 8.92. The van der Waals surface area contributed by atoms with Crippen molar-refractivity contribution in [3.8, 4) is 0 Å². The second-order valence-electron chi connectivity index (χ2n) is 7.48. The van der Waals surface area contributed by atoms with E-state index in [-0.39, 0.29) is 5.91 Å². The average molecular weight is 326 g/mol. The highest BCUT2D eigenvalue weighted by molar-refractivity contribution is 5.95. The van der Waals surface area contributed by atoms with Crippen molar-refractivity contribution in [1.29, 1.82) is 0 Å². The minimum atomic E-state index is -0.0252. The molecule has 0 bridgehead atoms. The fourth-order valence-corrected chi connectivity index (χ4v) is 3.41. The molecule has 0 unspecified atom stereocenters. The van der Waals surface area contributed by atoms with Crippen LogP contribution in [-0.4, -0.2) is 37.1 Å². The van der Waals surface area contributed by atoms with Gasteiger partial charge in [-0.2, -0.15) is 0 Å². The highest BCUT2D eigenvalue weighted by Crippen LogP contribution is 2.43. The van der Waals surface area contributed by atoms with Gasteiger partial charge in [0.2, 0.25) is 0 Å². The molecular formula is C19H26N4O. The summed E-state index contributed by atoms with van der Waals surface area (Å²) in [6.07, 6.45) is 5.81. The maximum absolute atomic E-state index is 12.5. The molecule has 1 aromatic rings. The quantitative estimate of drug-likeness (QED) is 0.747. The summed E-state index contributed by atoms with van der Waals surface area (Å²) in [6.45, 7) is 4.01. The lowest BCUT2D eigenvalue weighted by atomic mass is 10.0. The molecule has 4 rings (SSSR count). The number of benzene rings is 1. The molecule has 128 valence electrons. The van der Waals surface area contributed by atoms with Crippen molar-refractivity contribution in [2.75, 3.05) is 20.1 Å². The van der Waals surface area contributed by atoms with E-state index in [0.29, 0.717) is 18.5 Å². The Labute approximate surface area is 143 Å². The van der Waals surface area contributed by atoms with E-state index in [9.17, 15) is 4.79 Å². The summed E-state index contributed by atoms with van der Waals surface area (Å²) in [5, 5.41) is 8.60. The van der Waals surface area contributed by atoms with Crippen LogP contribution in [-0.2, 0) is 0 Å². The highest BCUT2D eigenvalue weighted by atomic mass is 16.1. The first-order valence-electron chi connectivity index (χ1n) is 8.92. The molecule has 2 atom stereocenters. The second-order valence-corrected chi connectivity index (χ2v) is 7.48. The Morgan fingerprint density at radius 2 is 2.21 bits per heavy atom. The molecule has 1 aliphatic heterocycles. The van der Waals surface area contributed by atoms with Gasteiger partial charge in [-0.25, -0.2) is 5.01 Å². The summed E-state index contributed by atoms with van der Waals surface area (Å²) in [5.41, 5.74) is 7.32. The van der Waals surface area contributed by atoms with E-state index in [2.05, 4.69) is 35.1 Å². The SMILES string of the molecule is Cc1ccc(C(=O)NC2=CNN(C)C2)cc1[C@@H]1C[C@H]1NCC1CC1. The fraction of sp³-hybridized carbons (Fsp3) is 0.526. The Kier molecular flexibility index (Phi) is 4.06. The number of aryl methyl sites for hydroxylation is 1. The molecule has 1 aromatic carbocycles. The van der Waals surface area contributed by atoms with Gasteiger partial charge in [0.1, 0.15) is 0 Å². The fourth-order valence-electron chi connectivity index (χ4n) is 3.41. The Balaban J connectivity index is 1.40. The summed E-state index contributed by atoms with van der Waals surface area (Å²) in [5.74, 6) is 1.45. The molecule has 24 heavy (non-hydrogen) atoms. The number of nitrogens with zero attached hydrogens (tertiary/aromatic N) is 1. The van der Waals surface area contributed by atoms with E-state index in [1.165, 1.54) is 30.4 Å². The van der Waals surface area contributed by atoms with Crippen LogP contribution in [0.15, 0.2) is 30.1 Å². The smallest absolute Gasteiger partial charge is 0.255 e. The van der Waals surface area contributed by atoms with Crippen molar-refractivity contribution >= 4 is 5.91 Å². The van der Waals surface area contributed by atoms with Crippen molar-refractivity contribution in [1.82, 2.24) is 21.1 Å². The molecule has 2 aliphatic carbocycles. The van der Waals surface area contributed by atoms with E-state index in [1.807, 2.05) is 24.3 Å². The number of hydrogen-bond acceptors (Lipinski definition) is 4. The van der Waals surface area contributed by atoms with Gasteiger partial charge >= 0.3 is 0 Å². The minimum absolute atomic E-state index is 0.0252. The van der Waals surface area contributed by atoms with Gasteiger partial charge in [0.05, 0.1) is 12.2 Å². The van der Waals surface area contributed by atoms with Gasteiger partial charge in [0.15, 0.2) is 0 Å². The van der Waals surface area contributed by atoms with Crippen LogP contribution < -0.4 is 16.1 Å². The largest absolute Gasteiger partial charge is 0.324 e. The van der Waals surface area contributed by atoms with Crippen molar-refractivity contribution in [3.63, 3.8) is 0 Å². The molecule has 0 radical (unpaired) electrons. The Hall–Kier alpha value is -1.85. The summed E-state index contributed by atoms with van der Waals surface area (Å²) in [7, 11) is 1.95. The third kappa shape index (κ3) is 3.47. The molecule has 0 saturated heterocycles. The number of hydrazine groups is 1. The molecule has 2 saturated carbocycles. The third-order valence-corrected chi connectivity index (χ3v) is 5.24. The van der Waals surface area contributed by atoms with Crippen molar-refractivity contribution < 1.29 is 4.79 Å². The van der Waals surface area contributed by atoms with E-state index in [0.717, 1.165) is 23.7 Å². The number of rotatable bonds is 6. The molecule has 0 aromatic heterocycles. The van der Waals surface area contributed by atoms with Crippen molar-refractivity contribution in [2.45, 2.75) is 38.1 Å². The summed E-state index contributed by atoms with van der Waals surface area (Å²) in [4.78, 5) is 12.5. The number of carbonyl (C=O) groups excluding carboxylic acids is 1. The van der Waals surface area contributed by atoms with Crippen molar-refractivity contribution in [3.05, 3.63) is 46.8 Å². The maximum Gasteiger partial charge on any atom is 0.255 e. The van der Waals surface area contributed by atoms with Gasteiger partial charge in [-0.3, -0.25) is 4.79 Å². The Morgan fingerprint density at radius 1 is 1.38 bits per heavy atom. The average Bonchev–Trinajstić information content (AvgIpc) is 3.46. The normalized spacial score (nSPS) is 26.0. The minimum Gasteiger partial charge on any atom is -0.324 e. The lowest BCUT2D eigenvalue weighted by Crippen LogP contribution is -2.28. The van der Waals surface area contributed by atoms with Crippen LogP contribution in [0.3, 0.4) is 0 Å². The lowest BCUT2D eigenvalue weighted by molar-refractivity contribution is 0.0964. The topological polar surface area (TPSA) is 56.4 Å². The van der Waals surface area contributed by atoms with E-state index in [1.54, 1.807) is 0 Å². The zero-order valence-electron chi connectivity index (χ0n) is 14.4. The van der Waals surface area contributed by atoms with Crippen LogP contribution in [0.1, 0.15) is 46.7 Å². The van der Waals surface area contributed by atoms with Gasteiger partial charge in [-0.15, -0.1) is 0 Å². The molecule has 5 heteroatoms. The number of amides is 1. The van der Waals surface area contributed by atoms with Gasteiger partial charge in [-0.05, 0) is 61.9 Å². The molecule has 1 amide bonds. The molecule has 1 heterocycles. The zero-order valence-corrected chi connectivity index (χ0v) is 14.4. The molecule has 3 N–H and O–H groups in total. The first kappa shape index (κ1) is 15.7. The van der Waals surface area contributed by atoms with Crippen LogP contribution >= 0.6 is 0 Å². The second kappa shape index (κ2) is 6.22. The van der Waals surface area contributed by atoms with Gasteiger partial charge in [0.25, 0.3) is 5.91 Å². The Bertz CT molecular complexity index is 680. The number of likely N-dealkylation sites (N-methyl/N-ethyl adjacent to an activating group) is 1. The maximum atomic E-state index is 12.5. The first-order chi connectivity index (χ1) is 11.6. The van der Waals surface area contributed by atoms with Crippen LogP contribution in [0.25, 0.3) is 0 Å². The number of nitrogens with one attached hydrogen (secondary N) is 3. The molecule has 2 fully saturated rings. The van der Waals surface area contributed by atoms with Gasteiger partial charge in [0, 0.05) is 30.8 Å². The highest BCUT2D eigenvalue weighted by Gasteiger charge is 2.40. The predicted octanol–water partition coefficient (Wildman–Crippen LogP) is 1.87. The number of carbonyl (C=O) groups is 1. The van der Waals surface area contributed by atoms with Gasteiger partial charge in [-0.1, -0.05) is 6.07 Å². The van der Waals surface area contributed by atoms with Crippen LogP contribution in [0.4, 0.5) is 0 Å². The van der Waals surface area contributed by atoms with E-state index < -0.39 is 0 Å². The lowest BCUT2D eigenvalue weighted by Gasteiger charge is -2.11. The monoisotopic (exact) mass is 326 g/mol. The van der Waals surface area contributed by atoms with Crippen molar-refractivity contribution in [2.24, 2.45) is 5.92 Å². The third-order valence-electron chi connectivity index (χ3n) is 5.24. The van der Waals surface area contributed by atoms with Crippen LogP contribution in [0, 0.1) is 12.8 Å². The van der Waals surface area contributed by atoms with Gasteiger partial charge < -0.3 is 16.1 Å². The molecule has 5 nitrogen and oxygen atoms in total.